The molecule has 0 saturated heterocycles. The van der Waals surface area contributed by atoms with Crippen molar-refractivity contribution >= 4 is 33.3 Å². The van der Waals surface area contributed by atoms with Crippen LogP contribution in [-0.4, -0.2) is 30.3 Å². The van der Waals surface area contributed by atoms with Crippen molar-refractivity contribution in [1.82, 2.24) is 24.4 Å². The molecule has 1 amide bonds. The molecule has 0 radical (unpaired) electrons. The molecule has 0 atom stereocenters. The van der Waals surface area contributed by atoms with Gasteiger partial charge in [0.05, 0.1) is 4.47 Å². The molecule has 3 aromatic heterocycles. The fourth-order valence-corrected chi connectivity index (χ4v) is 2.20. The van der Waals surface area contributed by atoms with E-state index in [1.165, 1.54) is 4.52 Å². The van der Waals surface area contributed by atoms with E-state index in [4.69, 9.17) is 0 Å². The molecule has 7 nitrogen and oxygen atoms in total. The third-order valence-corrected chi connectivity index (χ3v) is 3.24. The summed E-state index contributed by atoms with van der Waals surface area (Å²) in [6, 6.07) is 3.45. The number of amides is 1. The monoisotopic (exact) mass is 320 g/mol. The molecule has 0 aliphatic rings. The minimum absolute atomic E-state index is 0.268. The molecular weight excluding hydrogens is 312 g/mol. The molecule has 0 unspecified atom stereocenters. The Hall–Kier alpha value is -2.22. The van der Waals surface area contributed by atoms with Crippen LogP contribution in [0.5, 0.6) is 0 Å². The van der Waals surface area contributed by atoms with Crippen molar-refractivity contribution in [3.63, 3.8) is 0 Å². The van der Waals surface area contributed by atoms with Crippen molar-refractivity contribution in [2.45, 2.75) is 0 Å². The van der Waals surface area contributed by atoms with Gasteiger partial charge in [-0.2, -0.15) is 10.2 Å². The Kier molecular flexibility index (Phi) is 2.79. The highest BCUT2D eigenvalue weighted by Gasteiger charge is 2.18. The molecule has 0 aromatic carbocycles. The van der Waals surface area contributed by atoms with Crippen LogP contribution < -0.4 is 5.32 Å². The smallest absolute Gasteiger partial charge is 0.278 e. The zero-order chi connectivity index (χ0) is 13.4. The van der Waals surface area contributed by atoms with Crippen molar-refractivity contribution in [3.8, 4) is 0 Å². The number of aromatic nitrogens is 5. The Morgan fingerprint density at radius 2 is 2.21 bits per heavy atom. The number of nitrogens with one attached hydrogen (secondary N) is 1. The van der Waals surface area contributed by atoms with Crippen LogP contribution in [0, 0.1) is 0 Å². The molecule has 3 rings (SSSR count). The zero-order valence-corrected chi connectivity index (χ0v) is 11.5. The normalized spacial score (nSPS) is 10.8. The molecule has 1 N–H and O–H groups in total. The van der Waals surface area contributed by atoms with E-state index in [-0.39, 0.29) is 11.6 Å². The number of carbonyl (C=O) groups excluding carboxylic acids is 1. The number of halogens is 1. The Balaban J connectivity index is 1.95. The summed E-state index contributed by atoms with van der Waals surface area (Å²) in [6.45, 7) is 0. The summed E-state index contributed by atoms with van der Waals surface area (Å²) in [5, 5.41) is 10.9. The van der Waals surface area contributed by atoms with E-state index in [1.807, 2.05) is 0 Å². The van der Waals surface area contributed by atoms with Gasteiger partial charge in [-0.3, -0.25) is 9.48 Å². The average Bonchev–Trinajstić information content (AvgIpc) is 2.94. The van der Waals surface area contributed by atoms with E-state index in [9.17, 15) is 4.79 Å². The summed E-state index contributed by atoms with van der Waals surface area (Å²) >= 11 is 3.34. The Morgan fingerprint density at radius 1 is 1.37 bits per heavy atom. The van der Waals surface area contributed by atoms with Gasteiger partial charge in [-0.15, -0.1) is 0 Å². The van der Waals surface area contributed by atoms with Gasteiger partial charge in [0.2, 0.25) is 0 Å². The zero-order valence-electron chi connectivity index (χ0n) is 9.91. The first-order valence-electron chi connectivity index (χ1n) is 5.45. The predicted molar refractivity (Wildman–Crippen MR) is 71.8 cm³/mol. The van der Waals surface area contributed by atoms with E-state index in [0.717, 1.165) is 0 Å². The molecule has 19 heavy (non-hydrogen) atoms. The van der Waals surface area contributed by atoms with Crippen molar-refractivity contribution in [2.24, 2.45) is 7.05 Å². The van der Waals surface area contributed by atoms with Crippen LogP contribution in [0.1, 0.15) is 10.5 Å². The van der Waals surface area contributed by atoms with Crippen molar-refractivity contribution in [1.29, 1.82) is 0 Å². The SMILES string of the molecule is Cn1ccc(NC(=O)c2nn3cccnc3c2Br)n1. The number of anilines is 1. The van der Waals surface area contributed by atoms with Crippen LogP contribution in [-0.2, 0) is 7.05 Å². The number of rotatable bonds is 2. The van der Waals surface area contributed by atoms with Crippen LogP contribution >= 0.6 is 15.9 Å². The lowest BCUT2D eigenvalue weighted by atomic mass is 10.4. The molecule has 0 aliphatic heterocycles. The summed E-state index contributed by atoms with van der Waals surface area (Å²) in [7, 11) is 1.78. The lowest BCUT2D eigenvalue weighted by molar-refractivity contribution is 0.102. The van der Waals surface area contributed by atoms with Gasteiger partial charge >= 0.3 is 0 Å². The van der Waals surface area contributed by atoms with Crippen molar-refractivity contribution in [2.75, 3.05) is 5.32 Å². The van der Waals surface area contributed by atoms with E-state index < -0.39 is 0 Å². The Labute approximate surface area is 116 Å². The minimum Gasteiger partial charge on any atom is -0.304 e. The minimum atomic E-state index is -0.337. The highest BCUT2D eigenvalue weighted by molar-refractivity contribution is 9.10. The lowest BCUT2D eigenvalue weighted by Crippen LogP contribution is -2.13. The fourth-order valence-electron chi connectivity index (χ4n) is 1.66. The largest absolute Gasteiger partial charge is 0.304 e. The lowest BCUT2D eigenvalue weighted by Gasteiger charge is -1.98. The van der Waals surface area contributed by atoms with Gasteiger partial charge in [-0.25, -0.2) is 9.50 Å². The quantitative estimate of drug-likeness (QED) is 0.775. The number of nitrogens with zero attached hydrogens (tertiary/aromatic N) is 5. The van der Waals surface area contributed by atoms with Crippen LogP contribution in [0.4, 0.5) is 5.82 Å². The first-order valence-corrected chi connectivity index (χ1v) is 6.24. The summed E-state index contributed by atoms with van der Waals surface area (Å²) in [5.41, 5.74) is 0.859. The van der Waals surface area contributed by atoms with Crippen LogP contribution in [0.25, 0.3) is 5.65 Å². The molecule has 0 spiro atoms. The second-order valence-corrected chi connectivity index (χ2v) is 4.67. The van der Waals surface area contributed by atoms with Gasteiger partial charge in [0, 0.05) is 31.7 Å². The Morgan fingerprint density at radius 3 is 2.89 bits per heavy atom. The fraction of sp³-hybridized carbons (Fsp3) is 0.0909. The van der Waals surface area contributed by atoms with E-state index in [1.54, 1.807) is 42.5 Å². The second kappa shape index (κ2) is 4.47. The van der Waals surface area contributed by atoms with Gasteiger partial charge in [0.25, 0.3) is 5.91 Å². The number of aryl methyl sites for hydroxylation is 1. The molecule has 3 heterocycles. The number of hydrogen-bond acceptors (Lipinski definition) is 4. The van der Waals surface area contributed by atoms with E-state index >= 15 is 0 Å². The maximum atomic E-state index is 12.1. The molecule has 8 heteroatoms. The van der Waals surface area contributed by atoms with Gasteiger partial charge in [0.1, 0.15) is 0 Å². The van der Waals surface area contributed by atoms with Crippen molar-refractivity contribution < 1.29 is 4.79 Å². The van der Waals surface area contributed by atoms with E-state index in [2.05, 4.69) is 36.4 Å². The Bertz CT molecular complexity index is 761. The van der Waals surface area contributed by atoms with Gasteiger partial charge in [-0.05, 0) is 22.0 Å². The maximum Gasteiger partial charge on any atom is 0.278 e. The molecule has 3 aromatic rings. The summed E-state index contributed by atoms with van der Waals surface area (Å²) < 4.78 is 3.70. The second-order valence-electron chi connectivity index (χ2n) is 3.88. The predicted octanol–water partition coefficient (Wildman–Crippen LogP) is 1.48. The molecule has 0 aliphatic carbocycles. The number of fused-ring (bicyclic) bond motifs is 1. The molecule has 0 bridgehead atoms. The average molecular weight is 321 g/mol. The third kappa shape index (κ3) is 2.10. The van der Waals surface area contributed by atoms with Crippen LogP contribution in [0.3, 0.4) is 0 Å². The highest BCUT2D eigenvalue weighted by Crippen LogP contribution is 2.21. The first kappa shape index (κ1) is 11.8. The van der Waals surface area contributed by atoms with Gasteiger partial charge < -0.3 is 5.32 Å². The van der Waals surface area contributed by atoms with Gasteiger partial charge in [-0.1, -0.05) is 0 Å². The highest BCUT2D eigenvalue weighted by atomic mass is 79.9. The third-order valence-electron chi connectivity index (χ3n) is 2.51. The molecular formula is C11H9BrN6O. The molecule has 0 saturated carbocycles. The number of carbonyl (C=O) groups is 1. The van der Waals surface area contributed by atoms with Gasteiger partial charge in [0.15, 0.2) is 17.2 Å². The maximum absolute atomic E-state index is 12.1. The van der Waals surface area contributed by atoms with Crippen LogP contribution in [0.2, 0.25) is 0 Å². The first-order chi connectivity index (χ1) is 9.15. The topological polar surface area (TPSA) is 77.1 Å². The van der Waals surface area contributed by atoms with E-state index in [0.29, 0.717) is 15.9 Å². The number of hydrogen-bond donors (Lipinski definition) is 1. The molecule has 0 fully saturated rings. The molecule has 96 valence electrons. The summed E-state index contributed by atoms with van der Waals surface area (Å²) in [6.07, 6.45) is 5.11. The summed E-state index contributed by atoms with van der Waals surface area (Å²) in [5.74, 6) is 0.139. The standard InChI is InChI=1S/C11H9BrN6O/c1-17-6-3-7(15-17)14-11(19)9-8(12)10-13-4-2-5-18(10)16-9/h2-6H,1H3,(H,14,15,19). The van der Waals surface area contributed by atoms with Crippen LogP contribution in [0.15, 0.2) is 35.2 Å². The summed E-state index contributed by atoms with van der Waals surface area (Å²) in [4.78, 5) is 16.3. The van der Waals surface area contributed by atoms with Crippen molar-refractivity contribution in [3.05, 3.63) is 40.9 Å².